The highest BCUT2D eigenvalue weighted by molar-refractivity contribution is 6.17. The van der Waals surface area contributed by atoms with E-state index in [0.29, 0.717) is 16.2 Å². The van der Waals surface area contributed by atoms with Crippen LogP contribution in [-0.4, -0.2) is 36.6 Å². The van der Waals surface area contributed by atoms with Crippen molar-refractivity contribution in [3.63, 3.8) is 0 Å². The number of carbonyl (C=O) groups is 1. The highest BCUT2D eigenvalue weighted by Gasteiger charge is 2.22. The van der Waals surface area contributed by atoms with Crippen LogP contribution in [-0.2, 0) is 0 Å². The second-order valence-electron chi connectivity index (χ2n) is 6.41. The summed E-state index contributed by atoms with van der Waals surface area (Å²) in [7, 11) is 0. The number of aryl methyl sites for hydroxylation is 1. The Morgan fingerprint density at radius 1 is 0.704 bits per heavy atom. The van der Waals surface area contributed by atoms with Crippen molar-refractivity contribution in [2.75, 3.05) is 0 Å². The summed E-state index contributed by atoms with van der Waals surface area (Å²) in [6.07, 6.45) is 0. The van der Waals surface area contributed by atoms with Crippen molar-refractivity contribution in [1.82, 2.24) is 0 Å². The van der Waals surface area contributed by atoms with E-state index in [4.69, 9.17) is 0 Å². The van der Waals surface area contributed by atoms with Gasteiger partial charge in [-0.15, -0.1) is 0 Å². The third-order valence-electron chi connectivity index (χ3n) is 4.79. The summed E-state index contributed by atoms with van der Waals surface area (Å²) in [6, 6.07) is 6.78. The number of benzene rings is 4. The molecule has 0 unspecified atom stereocenters. The van der Waals surface area contributed by atoms with Crippen LogP contribution >= 0.6 is 0 Å². The lowest BCUT2D eigenvalue weighted by molar-refractivity contribution is 0.0693. The van der Waals surface area contributed by atoms with Gasteiger partial charge in [-0.25, -0.2) is 4.79 Å². The SMILES string of the molecule is Cc1c(C(=O)O)c(O)cc2cc3cc4cc(O)cc(O)c4c(O)c3c(O)c12. The summed E-state index contributed by atoms with van der Waals surface area (Å²) in [5, 5.41) is 62.0. The first-order valence-electron chi connectivity index (χ1n) is 7.93. The van der Waals surface area contributed by atoms with Crippen LogP contribution in [0.1, 0.15) is 15.9 Å². The zero-order valence-corrected chi connectivity index (χ0v) is 14.0. The maximum absolute atomic E-state index is 11.4. The van der Waals surface area contributed by atoms with Crippen LogP contribution in [0.3, 0.4) is 0 Å². The minimum atomic E-state index is -1.35. The van der Waals surface area contributed by atoms with Crippen molar-refractivity contribution < 1.29 is 35.4 Å². The Morgan fingerprint density at radius 2 is 1.26 bits per heavy atom. The van der Waals surface area contributed by atoms with E-state index in [1.165, 1.54) is 19.1 Å². The van der Waals surface area contributed by atoms with Gasteiger partial charge in [0, 0.05) is 11.5 Å². The summed E-state index contributed by atoms with van der Waals surface area (Å²) in [5.74, 6) is -3.10. The van der Waals surface area contributed by atoms with Gasteiger partial charge in [0.05, 0.1) is 10.8 Å². The van der Waals surface area contributed by atoms with Crippen LogP contribution in [0.25, 0.3) is 32.3 Å². The lowest BCUT2D eigenvalue weighted by Gasteiger charge is -2.15. The van der Waals surface area contributed by atoms with Crippen molar-refractivity contribution >= 4 is 38.3 Å². The van der Waals surface area contributed by atoms with Gasteiger partial charge in [-0.05, 0) is 52.9 Å². The monoisotopic (exact) mass is 366 g/mol. The molecule has 0 fully saturated rings. The molecule has 0 saturated carbocycles. The van der Waals surface area contributed by atoms with Gasteiger partial charge in [-0.2, -0.15) is 0 Å². The highest BCUT2D eigenvalue weighted by atomic mass is 16.4. The molecule has 0 aromatic heterocycles. The molecule has 0 amide bonds. The normalized spacial score (nSPS) is 11.4. The molecule has 7 heteroatoms. The molecule has 136 valence electrons. The first kappa shape index (κ1) is 16.6. The lowest BCUT2D eigenvalue weighted by atomic mass is 9.92. The molecule has 0 bridgehead atoms. The fraction of sp³-hybridized carbons (Fsp3) is 0.0500. The van der Waals surface area contributed by atoms with Gasteiger partial charge < -0.3 is 30.6 Å². The number of rotatable bonds is 1. The Morgan fingerprint density at radius 3 is 1.89 bits per heavy atom. The van der Waals surface area contributed by atoms with Crippen LogP contribution in [0.15, 0.2) is 30.3 Å². The number of phenolic OH excluding ortho intramolecular Hbond substituents is 4. The molecular weight excluding hydrogens is 352 g/mol. The zero-order chi connectivity index (χ0) is 19.6. The molecule has 0 radical (unpaired) electrons. The van der Waals surface area contributed by atoms with Crippen LogP contribution in [0.4, 0.5) is 0 Å². The van der Waals surface area contributed by atoms with Gasteiger partial charge in [0.1, 0.15) is 34.3 Å². The van der Waals surface area contributed by atoms with Crippen molar-refractivity contribution in [1.29, 1.82) is 0 Å². The Hall–Kier alpha value is -3.87. The average molecular weight is 366 g/mol. The number of carboxylic acids is 1. The van der Waals surface area contributed by atoms with E-state index >= 15 is 0 Å². The summed E-state index contributed by atoms with van der Waals surface area (Å²) in [5.41, 5.74) is -0.198. The third-order valence-corrected chi connectivity index (χ3v) is 4.79. The zero-order valence-electron chi connectivity index (χ0n) is 14.0. The van der Waals surface area contributed by atoms with E-state index in [0.717, 1.165) is 6.07 Å². The van der Waals surface area contributed by atoms with Gasteiger partial charge in [0.25, 0.3) is 0 Å². The van der Waals surface area contributed by atoms with Gasteiger partial charge >= 0.3 is 5.97 Å². The minimum absolute atomic E-state index is 0.0288. The molecule has 0 heterocycles. The molecule has 0 aliphatic rings. The quantitative estimate of drug-likeness (QED) is 0.283. The molecule has 4 aromatic rings. The van der Waals surface area contributed by atoms with Crippen LogP contribution < -0.4 is 0 Å². The highest BCUT2D eigenvalue weighted by Crippen LogP contribution is 2.48. The molecule has 0 atom stereocenters. The Labute approximate surface area is 151 Å². The molecule has 4 aromatic carbocycles. The van der Waals surface area contributed by atoms with Crippen molar-refractivity contribution in [2.45, 2.75) is 6.92 Å². The molecule has 27 heavy (non-hydrogen) atoms. The topological polar surface area (TPSA) is 138 Å². The van der Waals surface area contributed by atoms with Crippen LogP contribution in [0.5, 0.6) is 28.7 Å². The fourth-order valence-corrected chi connectivity index (χ4v) is 3.69. The lowest BCUT2D eigenvalue weighted by Crippen LogP contribution is -2.01. The van der Waals surface area contributed by atoms with Crippen molar-refractivity contribution in [2.24, 2.45) is 0 Å². The third kappa shape index (κ3) is 2.18. The first-order chi connectivity index (χ1) is 12.7. The molecular formula is C20H14O7. The summed E-state index contributed by atoms with van der Waals surface area (Å²) < 4.78 is 0. The van der Waals surface area contributed by atoms with E-state index in [1.807, 2.05) is 0 Å². The van der Waals surface area contributed by atoms with E-state index < -0.39 is 17.5 Å². The van der Waals surface area contributed by atoms with E-state index in [-0.39, 0.29) is 44.5 Å². The van der Waals surface area contributed by atoms with E-state index in [9.17, 15) is 35.4 Å². The number of phenols is 5. The Balaban J connectivity index is 2.27. The molecule has 6 N–H and O–H groups in total. The number of aromatic hydroxyl groups is 5. The average Bonchev–Trinajstić information content (AvgIpc) is 2.52. The molecule has 0 aliphatic carbocycles. The number of fused-ring (bicyclic) bond motifs is 3. The largest absolute Gasteiger partial charge is 0.508 e. The molecule has 0 saturated heterocycles. The summed E-state index contributed by atoms with van der Waals surface area (Å²) >= 11 is 0. The number of carboxylic acid groups (broad SMARTS) is 1. The molecule has 0 aliphatic heterocycles. The second-order valence-corrected chi connectivity index (χ2v) is 6.41. The van der Waals surface area contributed by atoms with Crippen LogP contribution in [0, 0.1) is 6.92 Å². The summed E-state index contributed by atoms with van der Waals surface area (Å²) in [6.45, 7) is 1.45. The predicted molar refractivity (Wildman–Crippen MR) is 99.0 cm³/mol. The fourth-order valence-electron chi connectivity index (χ4n) is 3.69. The van der Waals surface area contributed by atoms with Gasteiger partial charge in [-0.1, -0.05) is 0 Å². The standard InChI is InChI=1S/C20H14O7/c1-7-14-10(5-12(22)15(7)20(26)27)3-8-2-9-4-11(21)6-13(23)16(9)19(25)17(8)18(14)24/h2-6,21-25H,1H3,(H,26,27). The maximum atomic E-state index is 11.4. The van der Waals surface area contributed by atoms with Gasteiger partial charge in [0.2, 0.25) is 0 Å². The van der Waals surface area contributed by atoms with Crippen molar-refractivity contribution in [3.05, 3.63) is 41.5 Å². The van der Waals surface area contributed by atoms with Crippen LogP contribution in [0.2, 0.25) is 0 Å². The first-order valence-corrected chi connectivity index (χ1v) is 7.93. The Kier molecular flexibility index (Phi) is 3.26. The number of hydrogen-bond acceptors (Lipinski definition) is 6. The summed E-state index contributed by atoms with van der Waals surface area (Å²) in [4.78, 5) is 11.4. The molecule has 7 nitrogen and oxygen atoms in total. The Bertz CT molecular complexity index is 1310. The minimum Gasteiger partial charge on any atom is -0.508 e. The molecule has 4 rings (SSSR count). The van der Waals surface area contributed by atoms with Gasteiger partial charge in [0.15, 0.2) is 0 Å². The predicted octanol–water partition coefficient (Wildman–Crippen LogP) is 3.68. The van der Waals surface area contributed by atoms with Gasteiger partial charge in [-0.3, -0.25) is 0 Å². The maximum Gasteiger partial charge on any atom is 0.339 e. The number of hydrogen-bond donors (Lipinski definition) is 6. The molecule has 0 spiro atoms. The van der Waals surface area contributed by atoms with E-state index in [1.54, 1.807) is 12.1 Å². The van der Waals surface area contributed by atoms with Crippen molar-refractivity contribution in [3.8, 4) is 28.7 Å². The number of aromatic carboxylic acids is 1. The smallest absolute Gasteiger partial charge is 0.339 e. The second kappa shape index (κ2) is 5.31. The van der Waals surface area contributed by atoms with E-state index in [2.05, 4.69) is 0 Å².